The van der Waals surface area contributed by atoms with Gasteiger partial charge in [-0.1, -0.05) is 13.8 Å². The van der Waals surface area contributed by atoms with E-state index in [1.807, 2.05) is 45.9 Å². The smallest absolute Gasteiger partial charge is 0.236 e. The Kier molecular flexibility index (Phi) is 5.29. The van der Waals surface area contributed by atoms with E-state index < -0.39 is 5.41 Å². The summed E-state index contributed by atoms with van der Waals surface area (Å²) in [5, 5.41) is 2.88. The highest BCUT2D eigenvalue weighted by atomic mass is 16.5. The highest BCUT2D eigenvalue weighted by Gasteiger charge is 2.37. The van der Waals surface area contributed by atoms with Crippen LogP contribution >= 0.6 is 0 Å². The average Bonchev–Trinajstić information content (AvgIpc) is 2.58. The number of carbonyl (C=O) groups excluding carboxylic acids is 2. The van der Waals surface area contributed by atoms with Gasteiger partial charge in [-0.05, 0) is 44.9 Å². The summed E-state index contributed by atoms with van der Waals surface area (Å²) in [7, 11) is 0. The number of anilines is 2. The molecule has 5 heteroatoms. The number of ether oxygens (including phenoxy) is 1. The van der Waals surface area contributed by atoms with E-state index in [-0.39, 0.29) is 11.8 Å². The number of benzene rings is 1. The van der Waals surface area contributed by atoms with E-state index in [2.05, 4.69) is 5.32 Å². The van der Waals surface area contributed by atoms with Gasteiger partial charge in [0.25, 0.3) is 0 Å². The summed E-state index contributed by atoms with van der Waals surface area (Å²) in [4.78, 5) is 26.4. The van der Waals surface area contributed by atoms with Crippen LogP contribution in [-0.2, 0) is 9.59 Å². The van der Waals surface area contributed by atoms with Gasteiger partial charge in [-0.25, -0.2) is 0 Å². The molecule has 1 aromatic rings. The fraction of sp³-hybridized carbons (Fsp3) is 0.556. The van der Waals surface area contributed by atoms with Crippen LogP contribution in [0.5, 0.6) is 5.75 Å². The average molecular weight is 318 g/mol. The third kappa shape index (κ3) is 3.84. The molecule has 0 saturated heterocycles. The Balaban J connectivity index is 2.36. The number of amides is 2. The standard InChI is InChI=1S/C18H26N2O3/c1-5-7-16(21)19-13-8-9-15-14(11-13)20(10-6-2)17(22)18(3,4)12-23-15/h8-9,11H,5-7,10,12H2,1-4H3,(H,19,21). The first-order valence-corrected chi connectivity index (χ1v) is 8.27. The van der Waals surface area contributed by atoms with Gasteiger partial charge in [0.15, 0.2) is 0 Å². The maximum atomic E-state index is 12.8. The fourth-order valence-corrected chi connectivity index (χ4v) is 2.62. The van der Waals surface area contributed by atoms with Gasteiger partial charge in [0, 0.05) is 18.7 Å². The van der Waals surface area contributed by atoms with Crippen molar-refractivity contribution in [2.24, 2.45) is 5.41 Å². The van der Waals surface area contributed by atoms with Crippen LogP contribution in [0.2, 0.25) is 0 Å². The second kappa shape index (κ2) is 7.02. The molecular formula is C18H26N2O3. The number of fused-ring (bicyclic) bond motifs is 1. The monoisotopic (exact) mass is 318 g/mol. The van der Waals surface area contributed by atoms with Crippen LogP contribution in [-0.4, -0.2) is 25.0 Å². The first-order valence-electron chi connectivity index (χ1n) is 8.27. The topological polar surface area (TPSA) is 58.6 Å². The minimum absolute atomic E-state index is 0.0179. The molecule has 0 aromatic heterocycles. The van der Waals surface area contributed by atoms with Crippen molar-refractivity contribution >= 4 is 23.2 Å². The molecule has 0 saturated carbocycles. The van der Waals surface area contributed by atoms with Gasteiger partial charge >= 0.3 is 0 Å². The van der Waals surface area contributed by atoms with Gasteiger partial charge < -0.3 is 15.0 Å². The van der Waals surface area contributed by atoms with Crippen molar-refractivity contribution in [1.82, 2.24) is 0 Å². The lowest BCUT2D eigenvalue weighted by atomic mass is 9.93. The molecule has 0 radical (unpaired) electrons. The summed E-state index contributed by atoms with van der Waals surface area (Å²) in [6, 6.07) is 5.48. The van der Waals surface area contributed by atoms with Crippen molar-refractivity contribution in [2.45, 2.75) is 47.0 Å². The molecule has 126 valence electrons. The van der Waals surface area contributed by atoms with Crippen molar-refractivity contribution in [1.29, 1.82) is 0 Å². The van der Waals surface area contributed by atoms with Crippen LogP contribution in [0.4, 0.5) is 11.4 Å². The van der Waals surface area contributed by atoms with E-state index in [4.69, 9.17) is 4.74 Å². The van der Waals surface area contributed by atoms with Crippen molar-refractivity contribution < 1.29 is 14.3 Å². The summed E-state index contributed by atoms with van der Waals surface area (Å²) < 4.78 is 5.84. The molecule has 2 rings (SSSR count). The van der Waals surface area contributed by atoms with Crippen LogP contribution in [0.1, 0.15) is 47.0 Å². The van der Waals surface area contributed by atoms with Gasteiger partial charge in [-0.2, -0.15) is 0 Å². The predicted molar refractivity (Wildman–Crippen MR) is 91.9 cm³/mol. The molecular weight excluding hydrogens is 292 g/mol. The summed E-state index contributed by atoms with van der Waals surface area (Å²) in [6.07, 6.45) is 2.14. The van der Waals surface area contributed by atoms with Crippen LogP contribution < -0.4 is 15.0 Å². The number of hydrogen-bond acceptors (Lipinski definition) is 3. The molecule has 1 heterocycles. The second-order valence-electron chi connectivity index (χ2n) is 6.61. The van der Waals surface area contributed by atoms with E-state index in [1.54, 1.807) is 4.90 Å². The Morgan fingerprint density at radius 3 is 2.70 bits per heavy atom. The van der Waals surface area contributed by atoms with E-state index in [0.29, 0.717) is 31.0 Å². The zero-order chi connectivity index (χ0) is 17.0. The van der Waals surface area contributed by atoms with Gasteiger partial charge in [0.2, 0.25) is 11.8 Å². The zero-order valence-electron chi connectivity index (χ0n) is 14.4. The third-order valence-electron chi connectivity index (χ3n) is 3.87. The molecule has 0 bridgehead atoms. The normalized spacial score (nSPS) is 16.3. The molecule has 23 heavy (non-hydrogen) atoms. The predicted octanol–water partition coefficient (Wildman–Crippen LogP) is 3.59. The lowest BCUT2D eigenvalue weighted by Crippen LogP contribution is -2.42. The first-order chi connectivity index (χ1) is 10.9. The molecule has 0 spiro atoms. The van der Waals surface area contributed by atoms with Gasteiger partial charge in [-0.15, -0.1) is 0 Å². The van der Waals surface area contributed by atoms with Gasteiger partial charge in [0.05, 0.1) is 11.1 Å². The number of nitrogens with one attached hydrogen (secondary N) is 1. The summed E-state index contributed by atoms with van der Waals surface area (Å²) in [6.45, 7) is 8.78. The van der Waals surface area contributed by atoms with E-state index in [0.717, 1.165) is 18.5 Å². The number of carbonyl (C=O) groups is 2. The number of hydrogen-bond donors (Lipinski definition) is 1. The number of rotatable bonds is 5. The summed E-state index contributed by atoms with van der Waals surface area (Å²) >= 11 is 0. The lowest BCUT2D eigenvalue weighted by Gasteiger charge is -2.27. The molecule has 1 N–H and O–H groups in total. The molecule has 5 nitrogen and oxygen atoms in total. The van der Waals surface area contributed by atoms with Crippen LogP contribution in [0.3, 0.4) is 0 Å². The highest BCUT2D eigenvalue weighted by molar-refractivity contribution is 6.00. The fourth-order valence-electron chi connectivity index (χ4n) is 2.62. The Bertz CT molecular complexity index is 596. The maximum absolute atomic E-state index is 12.8. The van der Waals surface area contributed by atoms with Crippen molar-refractivity contribution in [3.8, 4) is 5.75 Å². The van der Waals surface area contributed by atoms with E-state index in [1.165, 1.54) is 0 Å². The first kappa shape index (κ1) is 17.3. The molecule has 0 aliphatic carbocycles. The van der Waals surface area contributed by atoms with Crippen molar-refractivity contribution in [2.75, 3.05) is 23.4 Å². The minimum Gasteiger partial charge on any atom is -0.490 e. The Morgan fingerprint density at radius 1 is 1.30 bits per heavy atom. The molecule has 1 aromatic carbocycles. The quantitative estimate of drug-likeness (QED) is 0.902. The van der Waals surface area contributed by atoms with Gasteiger partial charge in [-0.3, -0.25) is 9.59 Å². The molecule has 2 amide bonds. The SMILES string of the molecule is CCCC(=O)Nc1ccc2c(c1)N(CCC)C(=O)C(C)(C)CO2. The van der Waals surface area contributed by atoms with Crippen LogP contribution in [0.15, 0.2) is 18.2 Å². The molecule has 1 aliphatic heterocycles. The van der Waals surface area contributed by atoms with E-state index >= 15 is 0 Å². The summed E-state index contributed by atoms with van der Waals surface area (Å²) in [5.41, 5.74) is 0.857. The molecule has 0 fully saturated rings. The molecule has 0 unspecified atom stereocenters. The molecule has 1 aliphatic rings. The van der Waals surface area contributed by atoms with Crippen LogP contribution in [0, 0.1) is 5.41 Å². The Labute approximate surface area is 138 Å². The minimum atomic E-state index is -0.570. The van der Waals surface area contributed by atoms with Crippen LogP contribution in [0.25, 0.3) is 0 Å². The largest absolute Gasteiger partial charge is 0.490 e. The second-order valence-corrected chi connectivity index (χ2v) is 6.61. The zero-order valence-corrected chi connectivity index (χ0v) is 14.4. The Hall–Kier alpha value is -2.04. The third-order valence-corrected chi connectivity index (χ3v) is 3.87. The Morgan fingerprint density at radius 2 is 2.04 bits per heavy atom. The van der Waals surface area contributed by atoms with Crippen molar-refractivity contribution in [3.63, 3.8) is 0 Å². The van der Waals surface area contributed by atoms with E-state index in [9.17, 15) is 9.59 Å². The van der Waals surface area contributed by atoms with Gasteiger partial charge in [0.1, 0.15) is 12.4 Å². The number of nitrogens with zero attached hydrogens (tertiary/aromatic N) is 1. The lowest BCUT2D eigenvalue weighted by molar-refractivity contribution is -0.127. The summed E-state index contributed by atoms with van der Waals surface area (Å²) in [5.74, 6) is 0.719. The highest BCUT2D eigenvalue weighted by Crippen LogP contribution is 2.38. The molecule has 0 atom stereocenters. The van der Waals surface area contributed by atoms with Crippen molar-refractivity contribution in [3.05, 3.63) is 18.2 Å². The maximum Gasteiger partial charge on any atom is 0.236 e.